The minimum atomic E-state index is 0.447. The molecule has 0 saturated heterocycles. The van der Waals surface area contributed by atoms with Gasteiger partial charge in [0.05, 0.1) is 5.69 Å². The molecule has 3 rings (SSSR count). The van der Waals surface area contributed by atoms with E-state index in [4.69, 9.17) is 10.5 Å². The molecule has 21 heavy (non-hydrogen) atoms. The second-order valence-electron chi connectivity index (χ2n) is 4.84. The van der Waals surface area contributed by atoms with Crippen LogP contribution in [-0.4, -0.2) is 4.98 Å². The van der Waals surface area contributed by atoms with E-state index in [0.29, 0.717) is 11.6 Å². The maximum Gasteiger partial charge on any atom is 0.242 e. The molecule has 3 heteroatoms. The Balaban J connectivity index is 1.83. The van der Waals surface area contributed by atoms with Gasteiger partial charge in [0.25, 0.3) is 0 Å². The van der Waals surface area contributed by atoms with Gasteiger partial charge in [-0.05, 0) is 41.8 Å². The first-order valence-electron chi connectivity index (χ1n) is 6.78. The van der Waals surface area contributed by atoms with E-state index in [1.54, 1.807) is 6.20 Å². The molecule has 0 aliphatic heterocycles. The number of nitrogens with two attached hydrogens (primary N) is 1. The van der Waals surface area contributed by atoms with Gasteiger partial charge in [-0.15, -0.1) is 0 Å². The number of nitrogen functional groups attached to an aromatic ring is 1. The monoisotopic (exact) mass is 276 g/mol. The summed E-state index contributed by atoms with van der Waals surface area (Å²) in [4.78, 5) is 4.17. The van der Waals surface area contributed by atoms with Gasteiger partial charge in [-0.3, -0.25) is 0 Å². The van der Waals surface area contributed by atoms with Gasteiger partial charge in [-0.1, -0.05) is 42.5 Å². The fourth-order valence-electron chi connectivity index (χ4n) is 2.08. The van der Waals surface area contributed by atoms with Crippen molar-refractivity contribution in [2.45, 2.75) is 6.92 Å². The Morgan fingerprint density at radius 2 is 1.52 bits per heavy atom. The van der Waals surface area contributed by atoms with E-state index in [1.807, 2.05) is 55.5 Å². The fraction of sp³-hybridized carbons (Fsp3) is 0.0556. The quantitative estimate of drug-likeness (QED) is 0.769. The van der Waals surface area contributed by atoms with Crippen LogP contribution in [0.25, 0.3) is 11.1 Å². The van der Waals surface area contributed by atoms with Crippen molar-refractivity contribution in [3.8, 4) is 22.8 Å². The Morgan fingerprint density at radius 1 is 0.857 bits per heavy atom. The van der Waals surface area contributed by atoms with Crippen LogP contribution in [0.4, 0.5) is 5.69 Å². The smallest absolute Gasteiger partial charge is 0.242 e. The molecule has 0 saturated carbocycles. The van der Waals surface area contributed by atoms with E-state index in [9.17, 15) is 0 Å². The summed E-state index contributed by atoms with van der Waals surface area (Å²) in [7, 11) is 0. The zero-order valence-corrected chi connectivity index (χ0v) is 11.8. The van der Waals surface area contributed by atoms with Crippen molar-refractivity contribution >= 4 is 5.69 Å². The van der Waals surface area contributed by atoms with E-state index >= 15 is 0 Å². The summed E-state index contributed by atoms with van der Waals surface area (Å²) in [6.45, 7) is 1.93. The first-order valence-corrected chi connectivity index (χ1v) is 6.78. The van der Waals surface area contributed by atoms with Crippen molar-refractivity contribution in [3.63, 3.8) is 0 Å². The summed E-state index contributed by atoms with van der Waals surface area (Å²) < 4.78 is 5.74. The molecular formula is C18H16N2O. The molecule has 0 radical (unpaired) electrons. The highest BCUT2D eigenvalue weighted by molar-refractivity contribution is 5.64. The van der Waals surface area contributed by atoms with Crippen molar-refractivity contribution in [2.24, 2.45) is 0 Å². The van der Waals surface area contributed by atoms with Crippen LogP contribution in [0.3, 0.4) is 0 Å². The summed E-state index contributed by atoms with van der Waals surface area (Å²) in [6.07, 6.45) is 1.69. The van der Waals surface area contributed by atoms with Gasteiger partial charge < -0.3 is 10.5 Å². The lowest BCUT2D eigenvalue weighted by molar-refractivity contribution is 0.465. The number of nitrogens with zero attached hydrogens (tertiary/aromatic N) is 1. The first kappa shape index (κ1) is 13.2. The summed E-state index contributed by atoms with van der Waals surface area (Å²) in [6, 6.07) is 20.0. The molecule has 0 aliphatic rings. The Hall–Kier alpha value is -2.81. The molecule has 2 N–H and O–H groups in total. The van der Waals surface area contributed by atoms with Gasteiger partial charge in [-0.25, -0.2) is 4.98 Å². The predicted molar refractivity (Wildman–Crippen MR) is 85.3 cm³/mol. The Morgan fingerprint density at radius 3 is 2.24 bits per heavy atom. The highest BCUT2D eigenvalue weighted by Crippen LogP contribution is 2.28. The summed E-state index contributed by atoms with van der Waals surface area (Å²) in [5, 5.41) is 0. The van der Waals surface area contributed by atoms with E-state index in [2.05, 4.69) is 17.1 Å². The molecule has 0 fully saturated rings. The lowest BCUT2D eigenvalue weighted by Gasteiger charge is -2.09. The predicted octanol–water partition coefficient (Wildman–Crippen LogP) is 4.43. The number of rotatable bonds is 3. The Kier molecular flexibility index (Phi) is 3.56. The summed E-state index contributed by atoms with van der Waals surface area (Å²) in [5.74, 6) is 1.17. The Labute approximate surface area is 124 Å². The number of benzene rings is 2. The minimum absolute atomic E-state index is 0.447. The van der Waals surface area contributed by atoms with Crippen molar-refractivity contribution in [3.05, 3.63) is 72.4 Å². The number of anilines is 1. The largest absolute Gasteiger partial charge is 0.437 e. The van der Waals surface area contributed by atoms with Crippen LogP contribution in [-0.2, 0) is 0 Å². The molecule has 0 aliphatic carbocycles. The van der Waals surface area contributed by atoms with Crippen molar-refractivity contribution < 1.29 is 4.74 Å². The maximum absolute atomic E-state index is 5.96. The van der Waals surface area contributed by atoms with Gasteiger partial charge >= 0.3 is 0 Å². The molecule has 0 spiro atoms. The third-order valence-electron chi connectivity index (χ3n) is 3.35. The highest BCUT2D eigenvalue weighted by atomic mass is 16.5. The molecule has 0 unspecified atom stereocenters. The van der Waals surface area contributed by atoms with Crippen LogP contribution < -0.4 is 10.5 Å². The van der Waals surface area contributed by atoms with E-state index in [-0.39, 0.29) is 0 Å². The van der Waals surface area contributed by atoms with Crippen LogP contribution in [0.5, 0.6) is 11.6 Å². The molecule has 3 aromatic rings. The second kappa shape index (κ2) is 5.67. The van der Waals surface area contributed by atoms with Crippen molar-refractivity contribution in [1.29, 1.82) is 0 Å². The first-order chi connectivity index (χ1) is 10.2. The molecule has 1 heterocycles. The molecular weight excluding hydrogens is 260 g/mol. The van der Waals surface area contributed by atoms with Crippen LogP contribution in [0.15, 0.2) is 66.9 Å². The van der Waals surface area contributed by atoms with E-state index in [0.717, 1.165) is 16.9 Å². The zero-order chi connectivity index (χ0) is 14.7. The topological polar surface area (TPSA) is 48.1 Å². The number of hydrogen-bond acceptors (Lipinski definition) is 3. The van der Waals surface area contributed by atoms with E-state index in [1.165, 1.54) is 5.56 Å². The fourth-order valence-corrected chi connectivity index (χ4v) is 2.08. The molecule has 0 atom stereocenters. The normalized spacial score (nSPS) is 10.3. The molecule has 0 amide bonds. The standard InChI is InChI=1S/C18H16N2O/c1-13-11-12-20-18(17(13)19)21-16-9-7-15(8-10-16)14-5-3-2-4-6-14/h2-12H,19H2,1H3. The average Bonchev–Trinajstić information content (AvgIpc) is 2.53. The Bertz CT molecular complexity index is 737. The van der Waals surface area contributed by atoms with Gasteiger partial charge in [-0.2, -0.15) is 0 Å². The second-order valence-corrected chi connectivity index (χ2v) is 4.84. The minimum Gasteiger partial charge on any atom is -0.437 e. The van der Waals surface area contributed by atoms with Crippen LogP contribution in [0.2, 0.25) is 0 Å². The van der Waals surface area contributed by atoms with Crippen LogP contribution in [0, 0.1) is 6.92 Å². The number of ether oxygens (including phenoxy) is 1. The van der Waals surface area contributed by atoms with Gasteiger partial charge in [0, 0.05) is 6.20 Å². The average molecular weight is 276 g/mol. The highest BCUT2D eigenvalue weighted by Gasteiger charge is 2.06. The number of hydrogen-bond donors (Lipinski definition) is 1. The number of pyridine rings is 1. The van der Waals surface area contributed by atoms with Crippen LogP contribution in [0.1, 0.15) is 5.56 Å². The third-order valence-corrected chi connectivity index (χ3v) is 3.35. The van der Waals surface area contributed by atoms with Gasteiger partial charge in [0.15, 0.2) is 0 Å². The van der Waals surface area contributed by atoms with Crippen molar-refractivity contribution in [2.75, 3.05) is 5.73 Å². The molecule has 1 aromatic heterocycles. The van der Waals surface area contributed by atoms with Gasteiger partial charge in [0.2, 0.25) is 5.88 Å². The summed E-state index contributed by atoms with van der Waals surface area (Å²) in [5.41, 5.74) is 9.82. The SMILES string of the molecule is Cc1ccnc(Oc2ccc(-c3ccccc3)cc2)c1N. The van der Waals surface area contributed by atoms with E-state index < -0.39 is 0 Å². The molecule has 2 aromatic carbocycles. The summed E-state index contributed by atoms with van der Waals surface area (Å²) >= 11 is 0. The maximum atomic E-state index is 5.96. The zero-order valence-electron chi connectivity index (χ0n) is 11.8. The van der Waals surface area contributed by atoms with Crippen molar-refractivity contribution in [1.82, 2.24) is 4.98 Å². The number of aryl methyl sites for hydroxylation is 1. The van der Waals surface area contributed by atoms with Gasteiger partial charge in [0.1, 0.15) is 5.75 Å². The lowest BCUT2D eigenvalue weighted by atomic mass is 10.1. The molecule has 0 bridgehead atoms. The lowest BCUT2D eigenvalue weighted by Crippen LogP contribution is -1.97. The van der Waals surface area contributed by atoms with Crippen LogP contribution >= 0.6 is 0 Å². The third kappa shape index (κ3) is 2.87. The molecule has 104 valence electrons. The molecule has 3 nitrogen and oxygen atoms in total. The number of aromatic nitrogens is 1.